The number of rotatable bonds is 5. The molecule has 2 aromatic rings. The molecule has 0 aliphatic heterocycles. The number of thiophene rings is 1. The normalized spacial score (nSPS) is 11.9. The minimum Gasteiger partial charge on any atom is -0.250 e. The van der Waals surface area contributed by atoms with E-state index in [1.807, 2.05) is 25.4 Å². The Morgan fingerprint density at radius 1 is 1.28 bits per heavy atom. The van der Waals surface area contributed by atoms with Gasteiger partial charge in [0.15, 0.2) is 9.84 Å². The molecule has 0 amide bonds. The zero-order valence-electron chi connectivity index (χ0n) is 10.3. The molecule has 0 aliphatic carbocycles. The summed E-state index contributed by atoms with van der Waals surface area (Å²) in [5.74, 6) is 0.213. The van der Waals surface area contributed by atoms with Crippen LogP contribution in [0, 0.1) is 13.8 Å². The van der Waals surface area contributed by atoms with Gasteiger partial charge in [-0.3, -0.25) is 0 Å². The molecule has 0 spiro atoms. The summed E-state index contributed by atoms with van der Waals surface area (Å²) in [5, 5.41) is 0. The van der Waals surface area contributed by atoms with Gasteiger partial charge in [-0.05, 0) is 38.8 Å². The van der Waals surface area contributed by atoms with E-state index in [4.69, 9.17) is 0 Å². The third-order valence-corrected chi connectivity index (χ3v) is 7.06. The van der Waals surface area contributed by atoms with Crippen molar-refractivity contribution >= 4 is 32.5 Å². The number of hydrogen-bond acceptors (Lipinski definition) is 5. The maximum atomic E-state index is 12.1. The van der Waals surface area contributed by atoms with Crippen molar-refractivity contribution in [2.75, 3.05) is 5.75 Å². The Morgan fingerprint density at radius 3 is 2.61 bits per heavy atom. The first-order chi connectivity index (χ1) is 8.49. The van der Waals surface area contributed by atoms with Crippen molar-refractivity contribution in [2.24, 2.45) is 0 Å². The Hall–Kier alpha value is -0.720. The Labute approximate surface area is 115 Å². The molecule has 18 heavy (non-hydrogen) atoms. The molecule has 0 bridgehead atoms. The van der Waals surface area contributed by atoms with Crippen LogP contribution < -0.4 is 0 Å². The second kappa shape index (κ2) is 5.50. The van der Waals surface area contributed by atoms with Crippen LogP contribution in [0.4, 0.5) is 0 Å². The fourth-order valence-corrected chi connectivity index (χ4v) is 5.23. The van der Waals surface area contributed by atoms with Crippen LogP contribution in [0.2, 0.25) is 0 Å². The Morgan fingerprint density at radius 2 is 2.06 bits per heavy atom. The number of thiazole rings is 1. The maximum Gasteiger partial charge on any atom is 0.187 e. The summed E-state index contributed by atoms with van der Waals surface area (Å²) in [7, 11) is -3.10. The molecule has 0 N–H and O–H groups in total. The molecule has 0 fully saturated rings. The molecule has 0 radical (unpaired) electrons. The smallest absolute Gasteiger partial charge is 0.187 e. The van der Waals surface area contributed by atoms with Gasteiger partial charge in [0.2, 0.25) is 0 Å². The largest absolute Gasteiger partial charge is 0.250 e. The Balaban J connectivity index is 1.96. The number of hydrogen-bond donors (Lipinski definition) is 0. The summed E-state index contributed by atoms with van der Waals surface area (Å²) in [6.07, 6.45) is 1.45. The zero-order chi connectivity index (χ0) is 13.2. The number of aryl methyl sites for hydroxylation is 3. The fourth-order valence-electron chi connectivity index (χ4n) is 1.67. The topological polar surface area (TPSA) is 47.0 Å². The van der Waals surface area contributed by atoms with Gasteiger partial charge in [0.1, 0.15) is 4.21 Å². The number of nitrogens with zero attached hydrogens (tertiary/aromatic N) is 1. The van der Waals surface area contributed by atoms with Gasteiger partial charge in [0, 0.05) is 9.75 Å². The van der Waals surface area contributed by atoms with E-state index in [1.165, 1.54) is 16.2 Å². The maximum absolute atomic E-state index is 12.1. The van der Waals surface area contributed by atoms with Crippen LogP contribution in [0.1, 0.15) is 21.9 Å². The second-order valence-corrected chi connectivity index (χ2v) is 8.71. The Bertz CT molecular complexity index is 625. The van der Waals surface area contributed by atoms with E-state index in [0.29, 0.717) is 10.6 Å². The van der Waals surface area contributed by atoms with Gasteiger partial charge in [-0.15, -0.1) is 22.7 Å². The van der Waals surface area contributed by atoms with Crippen molar-refractivity contribution in [3.63, 3.8) is 0 Å². The minimum absolute atomic E-state index is 0.213. The molecule has 0 unspecified atom stereocenters. The molecule has 0 aliphatic rings. The highest BCUT2D eigenvalue weighted by molar-refractivity contribution is 7.93. The SMILES string of the molecule is Cc1ccc(S(=O)(=O)CCCc2scnc2C)s1. The molecule has 0 atom stereocenters. The van der Waals surface area contributed by atoms with E-state index in [1.54, 1.807) is 17.4 Å². The van der Waals surface area contributed by atoms with Crippen molar-refractivity contribution < 1.29 is 8.42 Å². The molecule has 6 heteroatoms. The van der Waals surface area contributed by atoms with Crippen molar-refractivity contribution in [3.8, 4) is 0 Å². The van der Waals surface area contributed by atoms with Crippen LogP contribution in [-0.4, -0.2) is 19.2 Å². The van der Waals surface area contributed by atoms with E-state index < -0.39 is 9.84 Å². The minimum atomic E-state index is -3.10. The quantitative estimate of drug-likeness (QED) is 0.852. The van der Waals surface area contributed by atoms with Crippen molar-refractivity contribution in [1.29, 1.82) is 0 Å². The van der Waals surface area contributed by atoms with Crippen LogP contribution in [0.25, 0.3) is 0 Å². The van der Waals surface area contributed by atoms with Gasteiger partial charge in [-0.25, -0.2) is 13.4 Å². The van der Waals surface area contributed by atoms with E-state index in [0.717, 1.165) is 17.0 Å². The molecule has 0 saturated heterocycles. The Kier molecular flexibility index (Phi) is 4.19. The summed E-state index contributed by atoms with van der Waals surface area (Å²) >= 11 is 2.94. The lowest BCUT2D eigenvalue weighted by Gasteiger charge is -2.01. The lowest BCUT2D eigenvalue weighted by Crippen LogP contribution is -2.06. The van der Waals surface area contributed by atoms with Crippen LogP contribution in [0.15, 0.2) is 21.9 Å². The van der Waals surface area contributed by atoms with Crippen LogP contribution in [-0.2, 0) is 16.3 Å². The lowest BCUT2D eigenvalue weighted by molar-refractivity contribution is 0.595. The highest BCUT2D eigenvalue weighted by Gasteiger charge is 2.16. The van der Waals surface area contributed by atoms with E-state index in [2.05, 4.69) is 4.98 Å². The van der Waals surface area contributed by atoms with Gasteiger partial charge in [-0.1, -0.05) is 0 Å². The molecule has 0 saturated carbocycles. The monoisotopic (exact) mass is 301 g/mol. The number of sulfone groups is 1. The summed E-state index contributed by atoms with van der Waals surface area (Å²) in [6, 6.07) is 3.55. The van der Waals surface area contributed by atoms with Crippen molar-refractivity contribution in [1.82, 2.24) is 4.98 Å². The summed E-state index contributed by atoms with van der Waals surface area (Å²) in [5.41, 5.74) is 2.83. The van der Waals surface area contributed by atoms with E-state index in [-0.39, 0.29) is 5.75 Å². The van der Waals surface area contributed by atoms with E-state index >= 15 is 0 Å². The van der Waals surface area contributed by atoms with Gasteiger partial charge in [0.25, 0.3) is 0 Å². The van der Waals surface area contributed by atoms with Gasteiger partial charge < -0.3 is 0 Å². The average Bonchev–Trinajstić information content (AvgIpc) is 2.89. The van der Waals surface area contributed by atoms with Crippen molar-refractivity contribution in [3.05, 3.63) is 33.1 Å². The second-order valence-electron chi connectivity index (χ2n) is 4.15. The standard InChI is InChI=1S/C12H15NO2S3/c1-9-5-6-12(17-9)18(14,15)7-3-4-11-10(2)13-8-16-11/h5-6,8H,3-4,7H2,1-2H3. The van der Waals surface area contributed by atoms with Gasteiger partial charge in [0.05, 0.1) is 17.0 Å². The van der Waals surface area contributed by atoms with Crippen molar-refractivity contribution in [2.45, 2.75) is 30.9 Å². The first-order valence-electron chi connectivity index (χ1n) is 5.67. The van der Waals surface area contributed by atoms with Gasteiger partial charge >= 0.3 is 0 Å². The molecule has 2 heterocycles. The first-order valence-corrected chi connectivity index (χ1v) is 9.02. The molecular weight excluding hydrogens is 286 g/mol. The predicted molar refractivity (Wildman–Crippen MR) is 76.3 cm³/mol. The molecule has 0 aromatic carbocycles. The molecule has 2 rings (SSSR count). The molecule has 98 valence electrons. The lowest BCUT2D eigenvalue weighted by atomic mass is 10.2. The summed E-state index contributed by atoms with van der Waals surface area (Å²) in [4.78, 5) is 6.39. The molecule has 2 aromatic heterocycles. The summed E-state index contributed by atoms with van der Waals surface area (Å²) < 4.78 is 24.6. The number of aromatic nitrogens is 1. The summed E-state index contributed by atoms with van der Waals surface area (Å²) in [6.45, 7) is 3.88. The first kappa shape index (κ1) is 13.7. The third-order valence-electron chi connectivity index (χ3n) is 2.68. The predicted octanol–water partition coefficient (Wildman–Crippen LogP) is 3.23. The van der Waals surface area contributed by atoms with E-state index in [9.17, 15) is 8.42 Å². The molecule has 3 nitrogen and oxygen atoms in total. The van der Waals surface area contributed by atoms with Crippen LogP contribution in [0.5, 0.6) is 0 Å². The third kappa shape index (κ3) is 3.18. The zero-order valence-corrected chi connectivity index (χ0v) is 12.8. The highest BCUT2D eigenvalue weighted by Crippen LogP contribution is 2.23. The highest BCUT2D eigenvalue weighted by atomic mass is 32.2. The van der Waals surface area contributed by atoms with Gasteiger partial charge in [-0.2, -0.15) is 0 Å². The molecular formula is C12H15NO2S3. The fraction of sp³-hybridized carbons (Fsp3) is 0.417. The van der Waals surface area contributed by atoms with Crippen LogP contribution in [0.3, 0.4) is 0 Å². The average molecular weight is 301 g/mol. The van der Waals surface area contributed by atoms with Crippen LogP contribution >= 0.6 is 22.7 Å².